The Kier molecular flexibility index (Phi) is 0.979. The van der Waals surface area contributed by atoms with Crippen LogP contribution in [0.3, 0.4) is 0 Å². The minimum Gasteiger partial charge on any atom is -0.396 e. The lowest BCUT2D eigenvalue weighted by Crippen LogP contribution is -2.50. The van der Waals surface area contributed by atoms with Gasteiger partial charge < -0.3 is 14.6 Å². The lowest BCUT2D eigenvalue weighted by Gasteiger charge is -2.37. The zero-order chi connectivity index (χ0) is 10.5. The van der Waals surface area contributed by atoms with Crippen molar-refractivity contribution in [2.24, 2.45) is 40.9 Å². The van der Waals surface area contributed by atoms with Crippen LogP contribution in [0.4, 0.5) is 0 Å². The van der Waals surface area contributed by atoms with E-state index in [-0.39, 0.29) is 15.5 Å². The molecule has 0 aromatic rings. The van der Waals surface area contributed by atoms with Crippen molar-refractivity contribution in [3.63, 3.8) is 0 Å². The van der Waals surface area contributed by atoms with E-state index in [9.17, 15) is 5.11 Å². The molecule has 8 atom stereocenters. The van der Waals surface area contributed by atoms with E-state index < -0.39 is 0 Å². The molecule has 7 aliphatic rings. The van der Waals surface area contributed by atoms with Gasteiger partial charge in [-0.1, -0.05) is 15.9 Å². The second kappa shape index (κ2) is 1.85. The molecular formula is C12H13BrO3. The van der Waals surface area contributed by atoms with E-state index in [0.29, 0.717) is 24.4 Å². The van der Waals surface area contributed by atoms with Crippen LogP contribution in [0.2, 0.25) is 0 Å². The van der Waals surface area contributed by atoms with E-state index in [2.05, 4.69) is 15.9 Å². The summed E-state index contributed by atoms with van der Waals surface area (Å²) < 4.78 is 12.1. The van der Waals surface area contributed by atoms with Crippen LogP contribution in [0, 0.1) is 40.9 Å². The minimum atomic E-state index is -0.302. The molecule has 0 aromatic heterocycles. The fraction of sp³-hybridized carbons (Fsp3) is 1.00. The van der Waals surface area contributed by atoms with Gasteiger partial charge in [0.15, 0.2) is 5.79 Å². The van der Waals surface area contributed by atoms with Crippen LogP contribution in [0.15, 0.2) is 0 Å². The van der Waals surface area contributed by atoms with E-state index in [4.69, 9.17) is 9.47 Å². The molecule has 86 valence electrons. The Morgan fingerprint density at radius 3 is 2.31 bits per heavy atom. The van der Waals surface area contributed by atoms with E-state index in [0.717, 1.165) is 31.0 Å². The van der Waals surface area contributed by atoms with Gasteiger partial charge in [0.1, 0.15) is 0 Å². The summed E-state index contributed by atoms with van der Waals surface area (Å²) in [5.41, 5.74) is 0.282. The van der Waals surface area contributed by atoms with Crippen molar-refractivity contribution in [1.29, 1.82) is 0 Å². The maximum absolute atomic E-state index is 9.74. The quantitative estimate of drug-likeness (QED) is 0.717. The van der Waals surface area contributed by atoms with Crippen LogP contribution in [0.5, 0.6) is 0 Å². The van der Waals surface area contributed by atoms with E-state index in [1.807, 2.05) is 0 Å². The standard InChI is InChI=1S/C12H13BrO3/c13-11-6-4-5(6)10(3-14)8(9(10)11)7(4)12(11)15-1-2-16-12/h4-9,14H,1-3H2/t4-,5-,6+,7-,8+,9-,10-,11-/m1/s1. The maximum Gasteiger partial charge on any atom is 0.187 e. The molecule has 7 rings (SSSR count). The summed E-state index contributed by atoms with van der Waals surface area (Å²) in [6.07, 6.45) is 0. The Labute approximate surface area is 102 Å². The van der Waals surface area contributed by atoms with Gasteiger partial charge in [-0.05, 0) is 29.6 Å². The van der Waals surface area contributed by atoms with Crippen molar-refractivity contribution in [3.8, 4) is 0 Å². The van der Waals surface area contributed by atoms with Gasteiger partial charge in [0.2, 0.25) is 0 Å². The van der Waals surface area contributed by atoms with Crippen LogP contribution >= 0.6 is 15.9 Å². The maximum atomic E-state index is 9.74. The highest BCUT2D eigenvalue weighted by Crippen LogP contribution is 3.04. The number of hydrogen-bond donors (Lipinski definition) is 1. The Hall–Kier alpha value is 0.360. The third-order valence-corrected chi connectivity index (χ3v) is 8.42. The molecule has 1 N–H and O–H groups in total. The normalized spacial score (nSPS) is 77.6. The predicted octanol–water partition coefficient (Wildman–Crippen LogP) is 0.607. The SMILES string of the molecule is OC[C@@]12[C@@H]3[C@H]4[C@@H]5[C@H]1[C@H]2[C@](Br)([C@@H]43)C51OCCO1. The van der Waals surface area contributed by atoms with Gasteiger partial charge in [0.05, 0.1) is 17.5 Å². The van der Waals surface area contributed by atoms with Gasteiger partial charge in [0, 0.05) is 17.9 Å². The Balaban J connectivity index is 1.63. The molecule has 1 spiro atoms. The summed E-state index contributed by atoms with van der Waals surface area (Å²) in [7, 11) is 0. The number of aliphatic hydroxyl groups is 1. The summed E-state index contributed by atoms with van der Waals surface area (Å²) >= 11 is 4.02. The first-order chi connectivity index (χ1) is 7.75. The first-order valence-corrected chi connectivity index (χ1v) is 7.12. The lowest BCUT2D eigenvalue weighted by atomic mass is 9.94. The van der Waals surface area contributed by atoms with Crippen LogP contribution in [0.1, 0.15) is 0 Å². The Bertz CT molecular complexity index is 448. The number of alkyl halides is 1. The van der Waals surface area contributed by atoms with Gasteiger partial charge in [-0.25, -0.2) is 0 Å². The highest BCUT2D eigenvalue weighted by atomic mass is 79.9. The van der Waals surface area contributed by atoms with Crippen molar-refractivity contribution < 1.29 is 14.6 Å². The molecule has 3 nitrogen and oxygen atoms in total. The van der Waals surface area contributed by atoms with E-state index in [1.165, 1.54) is 0 Å². The average molecular weight is 285 g/mol. The topological polar surface area (TPSA) is 38.7 Å². The molecular weight excluding hydrogens is 272 g/mol. The fourth-order valence-electron chi connectivity index (χ4n) is 6.92. The third-order valence-electron chi connectivity index (χ3n) is 6.85. The van der Waals surface area contributed by atoms with Crippen LogP contribution < -0.4 is 0 Å². The molecule has 7 fully saturated rings. The van der Waals surface area contributed by atoms with Crippen molar-refractivity contribution in [2.45, 2.75) is 10.1 Å². The molecule has 1 heterocycles. The molecule has 16 heavy (non-hydrogen) atoms. The number of hydrogen-bond acceptors (Lipinski definition) is 3. The molecule has 1 saturated heterocycles. The fourth-order valence-corrected chi connectivity index (χ4v) is 8.71. The molecule has 0 unspecified atom stereocenters. The molecule has 0 radical (unpaired) electrons. The molecule has 6 aliphatic carbocycles. The van der Waals surface area contributed by atoms with Gasteiger partial charge in [0.25, 0.3) is 0 Å². The van der Waals surface area contributed by atoms with Crippen molar-refractivity contribution in [3.05, 3.63) is 0 Å². The predicted molar refractivity (Wildman–Crippen MR) is 56.8 cm³/mol. The molecule has 2 bridgehead atoms. The number of rotatable bonds is 1. The number of halogens is 1. The summed E-state index contributed by atoms with van der Waals surface area (Å²) in [6.45, 7) is 1.89. The summed E-state index contributed by atoms with van der Waals surface area (Å²) in [4.78, 5) is 0. The molecule has 6 saturated carbocycles. The molecule has 0 amide bonds. The van der Waals surface area contributed by atoms with Crippen LogP contribution in [0.25, 0.3) is 0 Å². The van der Waals surface area contributed by atoms with E-state index >= 15 is 0 Å². The lowest BCUT2D eigenvalue weighted by molar-refractivity contribution is -0.193. The minimum absolute atomic E-state index is 0.0594. The van der Waals surface area contributed by atoms with Crippen molar-refractivity contribution in [2.75, 3.05) is 19.8 Å². The molecule has 1 aliphatic heterocycles. The van der Waals surface area contributed by atoms with Crippen molar-refractivity contribution >= 4 is 15.9 Å². The highest BCUT2D eigenvalue weighted by Gasteiger charge is 3.08. The van der Waals surface area contributed by atoms with Gasteiger partial charge in [-0.3, -0.25) is 0 Å². The first kappa shape index (κ1) is 8.46. The van der Waals surface area contributed by atoms with Gasteiger partial charge in [-0.15, -0.1) is 0 Å². The zero-order valence-electron chi connectivity index (χ0n) is 8.73. The smallest absolute Gasteiger partial charge is 0.187 e. The van der Waals surface area contributed by atoms with Crippen LogP contribution in [-0.4, -0.2) is 35.0 Å². The monoisotopic (exact) mass is 284 g/mol. The summed E-state index contributed by atoms with van der Waals surface area (Å²) in [6, 6.07) is 0. The highest BCUT2D eigenvalue weighted by molar-refractivity contribution is 9.10. The molecule has 4 heteroatoms. The largest absolute Gasteiger partial charge is 0.396 e. The average Bonchev–Trinajstić information content (AvgIpc) is 2.97. The number of aliphatic hydroxyl groups excluding tert-OH is 1. The van der Waals surface area contributed by atoms with E-state index in [1.54, 1.807) is 0 Å². The number of ether oxygens (including phenoxy) is 2. The summed E-state index contributed by atoms with van der Waals surface area (Å²) in [5.74, 6) is 3.92. The van der Waals surface area contributed by atoms with Gasteiger partial charge >= 0.3 is 0 Å². The van der Waals surface area contributed by atoms with Gasteiger partial charge in [-0.2, -0.15) is 0 Å². The Morgan fingerprint density at radius 2 is 1.88 bits per heavy atom. The summed E-state index contributed by atoms with van der Waals surface area (Å²) in [5, 5.41) is 9.74. The zero-order valence-corrected chi connectivity index (χ0v) is 10.3. The third kappa shape index (κ3) is 0.428. The first-order valence-electron chi connectivity index (χ1n) is 6.33. The van der Waals surface area contributed by atoms with Crippen LogP contribution in [-0.2, 0) is 9.47 Å². The second-order valence-corrected chi connectivity index (χ2v) is 7.87. The Morgan fingerprint density at radius 1 is 1.12 bits per heavy atom. The second-order valence-electron chi connectivity index (χ2n) is 6.56. The van der Waals surface area contributed by atoms with Crippen molar-refractivity contribution in [1.82, 2.24) is 0 Å². The molecule has 0 aromatic carbocycles.